The molecule has 0 heterocycles. The number of esters is 1. The normalized spacial score (nSPS) is 11.2. The van der Waals surface area contributed by atoms with Gasteiger partial charge in [0.05, 0.1) is 29.2 Å². The van der Waals surface area contributed by atoms with Gasteiger partial charge in [-0.2, -0.15) is 0 Å². The van der Waals surface area contributed by atoms with Gasteiger partial charge in [-0.1, -0.05) is 75.0 Å². The maximum absolute atomic E-state index is 13.7. The van der Waals surface area contributed by atoms with Crippen LogP contribution >= 0.6 is 0 Å². The SMILES string of the molecule is C=CCOC(=O)c1ccc(NC(=O)c2ccc(NC(O)c3ccc(NC(C)=O)c(OCc4ccccc4)c3)c(OCC(C)C)c2)c(OCc2ccc(F)cc2)c1. The van der Waals surface area contributed by atoms with Crippen molar-refractivity contribution >= 4 is 34.8 Å². The maximum Gasteiger partial charge on any atom is 0.338 e. The first-order valence-corrected chi connectivity index (χ1v) is 17.9. The average molecular weight is 762 g/mol. The summed E-state index contributed by atoms with van der Waals surface area (Å²) < 4.78 is 36.8. The molecule has 0 fully saturated rings. The minimum atomic E-state index is -1.24. The summed E-state index contributed by atoms with van der Waals surface area (Å²) in [5.74, 6) is -0.760. The molecule has 0 radical (unpaired) electrons. The largest absolute Gasteiger partial charge is 0.491 e. The van der Waals surface area contributed by atoms with Crippen molar-refractivity contribution in [3.63, 3.8) is 0 Å². The predicted octanol–water partition coefficient (Wildman–Crippen LogP) is 8.68. The number of halogens is 1. The van der Waals surface area contributed by atoms with E-state index >= 15 is 0 Å². The van der Waals surface area contributed by atoms with Crippen LogP contribution in [-0.4, -0.2) is 36.1 Å². The molecule has 0 aromatic heterocycles. The molecule has 0 aliphatic carbocycles. The minimum absolute atomic E-state index is 0.0152. The minimum Gasteiger partial charge on any atom is -0.491 e. The first kappa shape index (κ1) is 40.5. The molecule has 0 saturated heterocycles. The van der Waals surface area contributed by atoms with Crippen molar-refractivity contribution < 1.29 is 42.8 Å². The Bertz CT molecular complexity index is 2140. The zero-order valence-electron chi connectivity index (χ0n) is 31.3. The molecule has 0 saturated carbocycles. The number of nitrogens with one attached hydrogen (secondary N) is 3. The lowest BCUT2D eigenvalue weighted by molar-refractivity contribution is -0.114. The fourth-order valence-corrected chi connectivity index (χ4v) is 5.27. The van der Waals surface area contributed by atoms with Crippen molar-refractivity contribution in [1.29, 1.82) is 0 Å². The molecule has 5 rings (SSSR count). The van der Waals surface area contributed by atoms with Gasteiger partial charge in [0.1, 0.15) is 42.9 Å². The highest BCUT2D eigenvalue weighted by Gasteiger charge is 2.19. The van der Waals surface area contributed by atoms with Gasteiger partial charge in [0.15, 0.2) is 6.23 Å². The molecular weight excluding hydrogens is 717 g/mol. The Balaban J connectivity index is 1.37. The Morgan fingerprint density at radius 1 is 0.732 bits per heavy atom. The third kappa shape index (κ3) is 11.7. The van der Waals surface area contributed by atoms with Gasteiger partial charge >= 0.3 is 5.97 Å². The zero-order valence-corrected chi connectivity index (χ0v) is 31.3. The molecule has 11 nitrogen and oxygen atoms in total. The lowest BCUT2D eigenvalue weighted by Gasteiger charge is -2.21. The summed E-state index contributed by atoms with van der Waals surface area (Å²) in [6.07, 6.45) is 0.212. The number of hydrogen-bond acceptors (Lipinski definition) is 9. The molecule has 0 aliphatic rings. The topological polar surface area (TPSA) is 144 Å². The molecular formula is C44H44FN3O8. The quantitative estimate of drug-likeness (QED) is 0.0392. The number of hydrogen-bond donors (Lipinski definition) is 4. The van der Waals surface area contributed by atoms with Crippen LogP contribution in [0.15, 0.2) is 122 Å². The van der Waals surface area contributed by atoms with Crippen molar-refractivity contribution in [2.45, 2.75) is 40.2 Å². The molecule has 0 aliphatic heterocycles. The van der Waals surface area contributed by atoms with Crippen LogP contribution in [0.3, 0.4) is 0 Å². The second-order valence-corrected chi connectivity index (χ2v) is 13.1. The molecule has 2 amide bonds. The second-order valence-electron chi connectivity index (χ2n) is 13.1. The van der Waals surface area contributed by atoms with Crippen LogP contribution in [-0.2, 0) is 22.7 Å². The van der Waals surface area contributed by atoms with Crippen molar-refractivity contribution in [2.24, 2.45) is 5.92 Å². The highest BCUT2D eigenvalue weighted by atomic mass is 19.1. The van der Waals surface area contributed by atoms with Crippen LogP contribution < -0.4 is 30.2 Å². The van der Waals surface area contributed by atoms with Crippen molar-refractivity contribution in [3.05, 3.63) is 155 Å². The van der Waals surface area contributed by atoms with Gasteiger partial charge in [-0.15, -0.1) is 0 Å². The third-order valence-corrected chi connectivity index (χ3v) is 8.08. The van der Waals surface area contributed by atoms with E-state index in [1.54, 1.807) is 48.5 Å². The van der Waals surface area contributed by atoms with E-state index in [0.29, 0.717) is 40.6 Å². The molecule has 1 atom stereocenters. The van der Waals surface area contributed by atoms with Crippen molar-refractivity contribution in [3.8, 4) is 17.2 Å². The van der Waals surface area contributed by atoms with E-state index < -0.39 is 23.9 Å². The molecule has 1 unspecified atom stereocenters. The van der Waals surface area contributed by atoms with Gasteiger partial charge in [0.2, 0.25) is 5.91 Å². The number of carbonyl (C=O) groups excluding carboxylic acids is 3. The number of anilines is 3. The molecule has 0 bridgehead atoms. The van der Waals surface area contributed by atoms with Crippen molar-refractivity contribution in [2.75, 3.05) is 29.2 Å². The molecule has 290 valence electrons. The van der Waals surface area contributed by atoms with Crippen LogP contribution in [0.2, 0.25) is 0 Å². The van der Waals surface area contributed by atoms with Crippen LogP contribution in [0.5, 0.6) is 17.2 Å². The smallest absolute Gasteiger partial charge is 0.338 e. The fraction of sp³-hybridized carbons (Fsp3) is 0.205. The zero-order chi connectivity index (χ0) is 40.0. The van der Waals surface area contributed by atoms with E-state index in [1.165, 1.54) is 43.3 Å². The predicted molar refractivity (Wildman–Crippen MR) is 212 cm³/mol. The maximum atomic E-state index is 13.7. The van der Waals surface area contributed by atoms with E-state index in [1.807, 2.05) is 44.2 Å². The molecule has 5 aromatic rings. The number of aliphatic hydroxyl groups is 1. The number of aliphatic hydroxyl groups excluding tert-OH is 1. The number of rotatable bonds is 18. The summed E-state index contributed by atoms with van der Waals surface area (Å²) in [5.41, 5.74) is 3.61. The van der Waals surface area contributed by atoms with Gasteiger partial charge in [-0.3, -0.25) is 9.59 Å². The summed E-state index contributed by atoms with van der Waals surface area (Å²) in [6.45, 7) is 9.53. The monoisotopic (exact) mass is 761 g/mol. The Labute approximate surface area is 325 Å². The fourth-order valence-electron chi connectivity index (χ4n) is 5.27. The second kappa shape index (κ2) is 19.6. The van der Waals surface area contributed by atoms with Gasteiger partial charge in [0.25, 0.3) is 5.91 Å². The van der Waals surface area contributed by atoms with Crippen LogP contribution in [0.25, 0.3) is 0 Å². The Kier molecular flexibility index (Phi) is 14.2. The summed E-state index contributed by atoms with van der Waals surface area (Å²) in [6, 6.07) is 29.5. The average Bonchev–Trinajstić information content (AvgIpc) is 3.19. The summed E-state index contributed by atoms with van der Waals surface area (Å²) in [4.78, 5) is 38.2. The Morgan fingerprint density at radius 2 is 1.32 bits per heavy atom. The molecule has 5 aromatic carbocycles. The standard InChI is InChI=1S/C44H44FN3O8/c1-5-21-53-44(52)34-15-20-38(41(24-34)56-27-31-11-16-35(45)17-12-31)48-43(51)33-14-19-37(40(23-33)54-25-28(2)3)47-42(50)32-13-18-36(46-29(4)49)39(22-32)55-26-30-9-7-6-8-10-30/h5-20,22-24,28,42,47,50H,1,21,25-27H2,2-4H3,(H,46,49)(H,48,51). The summed E-state index contributed by atoms with van der Waals surface area (Å²) in [5, 5.41) is 20.0. The summed E-state index contributed by atoms with van der Waals surface area (Å²) >= 11 is 0. The van der Waals surface area contributed by atoms with Gasteiger partial charge in [-0.25, -0.2) is 9.18 Å². The first-order valence-electron chi connectivity index (χ1n) is 17.9. The van der Waals surface area contributed by atoms with E-state index in [4.69, 9.17) is 18.9 Å². The lowest BCUT2D eigenvalue weighted by Crippen LogP contribution is -2.16. The number of amides is 2. The van der Waals surface area contributed by atoms with Gasteiger partial charge in [-0.05, 0) is 77.7 Å². The van der Waals surface area contributed by atoms with Gasteiger partial charge in [0, 0.05) is 18.1 Å². The molecule has 4 N–H and O–H groups in total. The number of benzene rings is 5. The van der Waals surface area contributed by atoms with Crippen LogP contribution in [0.4, 0.5) is 21.5 Å². The van der Waals surface area contributed by atoms with Gasteiger partial charge < -0.3 is 40.0 Å². The third-order valence-electron chi connectivity index (χ3n) is 8.08. The lowest BCUT2D eigenvalue weighted by atomic mass is 10.1. The summed E-state index contributed by atoms with van der Waals surface area (Å²) in [7, 11) is 0. The number of carbonyl (C=O) groups is 3. The highest BCUT2D eigenvalue weighted by molar-refractivity contribution is 6.06. The molecule has 0 spiro atoms. The number of ether oxygens (including phenoxy) is 4. The Hall–Kier alpha value is -6.66. The molecule has 12 heteroatoms. The van der Waals surface area contributed by atoms with E-state index in [9.17, 15) is 23.9 Å². The van der Waals surface area contributed by atoms with Crippen molar-refractivity contribution in [1.82, 2.24) is 0 Å². The van der Waals surface area contributed by atoms with Crippen LogP contribution in [0.1, 0.15) is 64.4 Å². The van der Waals surface area contributed by atoms with E-state index in [0.717, 1.165) is 5.56 Å². The highest BCUT2D eigenvalue weighted by Crippen LogP contribution is 2.34. The van der Waals surface area contributed by atoms with Crippen LogP contribution in [0, 0.1) is 11.7 Å². The van der Waals surface area contributed by atoms with E-state index in [2.05, 4.69) is 22.5 Å². The first-order chi connectivity index (χ1) is 27.0. The molecule has 56 heavy (non-hydrogen) atoms. The Morgan fingerprint density at radius 3 is 2.00 bits per heavy atom. The van der Waals surface area contributed by atoms with E-state index in [-0.39, 0.29) is 54.2 Å².